The van der Waals surface area contributed by atoms with Crippen LogP contribution in [-0.2, 0) is 6.42 Å². The van der Waals surface area contributed by atoms with Gasteiger partial charge in [-0.1, -0.05) is 48.5 Å². The van der Waals surface area contributed by atoms with Crippen LogP contribution in [0.3, 0.4) is 0 Å². The highest BCUT2D eigenvalue weighted by atomic mass is 19.4. The third-order valence-corrected chi connectivity index (χ3v) is 8.28. The molecule has 1 aliphatic heterocycles. The Hall–Kier alpha value is -3.78. The molecular weight excluding hydrogens is 523 g/mol. The molecule has 0 bridgehead atoms. The Kier molecular flexibility index (Phi) is 7.28. The molecule has 0 saturated heterocycles. The number of anilines is 1. The quantitative estimate of drug-likeness (QED) is 0.245. The van der Waals surface area contributed by atoms with Crippen LogP contribution in [0.15, 0.2) is 78.1 Å². The molecule has 0 fully saturated rings. The summed E-state index contributed by atoms with van der Waals surface area (Å²) in [4.78, 5) is 13.1. The second-order valence-electron chi connectivity index (χ2n) is 11.5. The largest absolute Gasteiger partial charge is 0.401 e. The van der Waals surface area contributed by atoms with E-state index in [1.807, 2.05) is 6.07 Å². The van der Waals surface area contributed by atoms with Crippen LogP contribution in [0, 0.1) is 6.92 Å². The second-order valence-corrected chi connectivity index (χ2v) is 11.5. The lowest BCUT2D eigenvalue weighted by molar-refractivity contribution is -0.126. The van der Waals surface area contributed by atoms with Crippen molar-refractivity contribution < 1.29 is 13.2 Å². The van der Waals surface area contributed by atoms with E-state index in [-0.39, 0.29) is 6.04 Å². The molecule has 3 aromatic carbocycles. The van der Waals surface area contributed by atoms with Gasteiger partial charge in [-0.2, -0.15) is 13.2 Å². The molecular formula is C33H36F3N5. The normalized spacial score (nSPS) is 18.1. The Balaban J connectivity index is 1.31. The van der Waals surface area contributed by atoms with Crippen LogP contribution in [0.1, 0.15) is 50.1 Å². The summed E-state index contributed by atoms with van der Waals surface area (Å²) in [6, 6.07) is 19.3. The van der Waals surface area contributed by atoms with Crippen LogP contribution in [-0.4, -0.2) is 46.3 Å². The van der Waals surface area contributed by atoms with Gasteiger partial charge in [0.1, 0.15) is 5.82 Å². The molecule has 2 heterocycles. The molecule has 214 valence electrons. The summed E-state index contributed by atoms with van der Waals surface area (Å²) in [5, 5.41) is 5.05. The zero-order valence-corrected chi connectivity index (χ0v) is 23.7. The fourth-order valence-electron chi connectivity index (χ4n) is 6.02. The minimum atomic E-state index is -4.19. The lowest BCUT2D eigenvalue weighted by Gasteiger charge is -2.30. The molecule has 8 heteroatoms. The summed E-state index contributed by atoms with van der Waals surface area (Å²) < 4.78 is 38.2. The smallest absolute Gasteiger partial charge is 0.355 e. The zero-order valence-electron chi connectivity index (χ0n) is 23.7. The van der Waals surface area contributed by atoms with Gasteiger partial charge in [0.15, 0.2) is 0 Å². The van der Waals surface area contributed by atoms with Crippen LogP contribution in [0.4, 0.5) is 18.9 Å². The summed E-state index contributed by atoms with van der Waals surface area (Å²) >= 11 is 0. The van der Waals surface area contributed by atoms with E-state index in [9.17, 15) is 13.2 Å². The fourth-order valence-corrected chi connectivity index (χ4v) is 6.02. The summed E-state index contributed by atoms with van der Waals surface area (Å²) in [6.07, 6.45) is 2.88. The first kappa shape index (κ1) is 27.4. The number of aromatic amines is 1. The van der Waals surface area contributed by atoms with Crippen molar-refractivity contribution in [2.75, 3.05) is 18.1 Å². The average molecular weight is 560 g/mol. The lowest BCUT2D eigenvalue weighted by atomic mass is 9.92. The number of hydrogen-bond acceptors (Lipinski definition) is 4. The van der Waals surface area contributed by atoms with E-state index < -0.39 is 12.7 Å². The van der Waals surface area contributed by atoms with Crippen LogP contribution in [0.2, 0.25) is 0 Å². The van der Waals surface area contributed by atoms with Gasteiger partial charge in [0.05, 0.1) is 35.6 Å². The van der Waals surface area contributed by atoms with Gasteiger partial charge in [0.25, 0.3) is 0 Å². The number of hydrogen-bond donors (Lipinski definition) is 2. The van der Waals surface area contributed by atoms with Crippen molar-refractivity contribution in [2.24, 2.45) is 0 Å². The van der Waals surface area contributed by atoms with E-state index in [2.05, 4.69) is 102 Å². The van der Waals surface area contributed by atoms with Gasteiger partial charge in [-0.3, -0.25) is 0 Å². The number of fused-ring (bicyclic) bond motifs is 2. The van der Waals surface area contributed by atoms with Gasteiger partial charge in [0.2, 0.25) is 0 Å². The van der Waals surface area contributed by atoms with Crippen molar-refractivity contribution in [2.45, 2.75) is 64.7 Å². The Morgan fingerprint density at radius 1 is 1.05 bits per heavy atom. The summed E-state index contributed by atoms with van der Waals surface area (Å²) in [5.41, 5.74) is 7.91. The number of allylic oxidation sites excluding steroid dienone is 1. The van der Waals surface area contributed by atoms with Gasteiger partial charge in [-0.05, 0) is 74.3 Å². The number of imidazole rings is 1. The first-order valence-corrected chi connectivity index (χ1v) is 14.4. The molecule has 2 aliphatic rings. The van der Waals surface area contributed by atoms with Crippen LogP contribution in [0.5, 0.6) is 0 Å². The number of aromatic nitrogens is 2. The number of H-pyrrole nitrogens is 1. The van der Waals surface area contributed by atoms with Crippen LogP contribution >= 0.6 is 0 Å². The lowest BCUT2D eigenvalue weighted by Crippen LogP contribution is -2.38. The molecule has 4 aromatic rings. The van der Waals surface area contributed by atoms with Gasteiger partial charge >= 0.3 is 6.18 Å². The third-order valence-electron chi connectivity index (χ3n) is 8.28. The van der Waals surface area contributed by atoms with Gasteiger partial charge < -0.3 is 20.1 Å². The average Bonchev–Trinajstić information content (AvgIpc) is 3.58. The maximum Gasteiger partial charge on any atom is 0.401 e. The summed E-state index contributed by atoms with van der Waals surface area (Å²) in [7, 11) is 0. The highest BCUT2D eigenvalue weighted by molar-refractivity contribution is 5.97. The predicted octanol–water partition coefficient (Wildman–Crippen LogP) is 7.58. The summed E-state index contributed by atoms with van der Waals surface area (Å²) in [6.45, 7) is 6.23. The van der Waals surface area contributed by atoms with Gasteiger partial charge in [-0.15, -0.1) is 0 Å². The van der Waals surface area contributed by atoms with E-state index in [0.717, 1.165) is 46.9 Å². The van der Waals surface area contributed by atoms with Crippen molar-refractivity contribution in [1.82, 2.24) is 20.2 Å². The molecule has 0 saturated carbocycles. The van der Waals surface area contributed by atoms with E-state index >= 15 is 0 Å². The van der Waals surface area contributed by atoms with Crippen molar-refractivity contribution in [3.05, 3.63) is 95.1 Å². The number of para-hydroxylation sites is 1. The number of benzene rings is 3. The Labute approximate surface area is 238 Å². The van der Waals surface area contributed by atoms with Crippen molar-refractivity contribution in [1.29, 1.82) is 0 Å². The molecule has 0 spiro atoms. The predicted molar refractivity (Wildman–Crippen MR) is 160 cm³/mol. The third kappa shape index (κ3) is 5.71. The molecule has 0 radical (unpaired) electrons. The fraction of sp³-hybridized carbons (Fsp3) is 0.364. The maximum atomic E-state index is 12.7. The van der Waals surface area contributed by atoms with Crippen molar-refractivity contribution in [3.63, 3.8) is 0 Å². The Morgan fingerprint density at radius 2 is 1.85 bits per heavy atom. The molecule has 1 aromatic heterocycles. The van der Waals surface area contributed by atoms with E-state index in [0.29, 0.717) is 25.3 Å². The minimum Gasteiger partial charge on any atom is -0.355 e. The number of alkyl halides is 3. The minimum absolute atomic E-state index is 0.154. The number of halogens is 3. The maximum absolute atomic E-state index is 12.7. The topological polar surface area (TPSA) is 47.2 Å². The Bertz CT molecular complexity index is 1630. The standard InChI is InChI=1S/C33H36F3N5/c1-21(2)40-18-30(23-11-14-25(15-12-23)37-19-33(34,35)36)41(20-40)29-16-13-24(26-8-4-5-9-27(26)29)17-31-38-28-10-6-7-22(3)32(28)39-31/h4-11,13,16,18,21,25,37H,12,14-15,17,19-20H2,1-3H3,(H,38,39). The van der Waals surface area contributed by atoms with Crippen LogP contribution in [0.25, 0.3) is 21.8 Å². The van der Waals surface area contributed by atoms with E-state index in [1.165, 1.54) is 21.9 Å². The van der Waals surface area contributed by atoms with Gasteiger partial charge in [-0.25, -0.2) is 4.98 Å². The molecule has 6 rings (SSSR count). The van der Waals surface area contributed by atoms with Crippen LogP contribution < -0.4 is 10.2 Å². The molecule has 5 nitrogen and oxygen atoms in total. The summed E-state index contributed by atoms with van der Waals surface area (Å²) in [5.74, 6) is 0.945. The van der Waals surface area contributed by atoms with E-state index in [1.54, 1.807) is 0 Å². The molecule has 2 N–H and O–H groups in total. The molecule has 1 atom stereocenters. The SMILES string of the molecule is Cc1cccc2[nH]c(Cc3ccc(N4CN(C(C)C)C=C4C4=CCC(NCC(F)(F)F)CC4)c4ccccc34)nc12. The molecule has 1 aliphatic carbocycles. The number of aryl methyl sites for hydroxylation is 1. The first-order valence-electron chi connectivity index (χ1n) is 14.4. The number of nitrogens with one attached hydrogen (secondary N) is 2. The molecule has 0 amide bonds. The first-order chi connectivity index (χ1) is 19.7. The highest BCUT2D eigenvalue weighted by Crippen LogP contribution is 2.39. The molecule has 1 unspecified atom stereocenters. The zero-order chi connectivity index (χ0) is 28.7. The second kappa shape index (κ2) is 10.9. The van der Waals surface area contributed by atoms with E-state index in [4.69, 9.17) is 4.98 Å². The monoisotopic (exact) mass is 559 g/mol. The molecule has 41 heavy (non-hydrogen) atoms. The number of rotatable bonds is 7. The van der Waals surface area contributed by atoms with Gasteiger partial charge in [0, 0.05) is 30.1 Å². The number of nitrogens with zero attached hydrogens (tertiary/aromatic N) is 3. The van der Waals surface area contributed by atoms with Crippen molar-refractivity contribution in [3.8, 4) is 0 Å². The highest BCUT2D eigenvalue weighted by Gasteiger charge is 2.31. The Morgan fingerprint density at radius 3 is 2.56 bits per heavy atom. The van der Waals surface area contributed by atoms with Crippen molar-refractivity contribution >= 4 is 27.5 Å².